The first kappa shape index (κ1) is 14.5. The topological polar surface area (TPSA) is 26.3 Å². The summed E-state index contributed by atoms with van der Waals surface area (Å²) >= 11 is -0.812. The molecule has 0 fully saturated rings. The molecule has 20 heavy (non-hydrogen) atoms. The van der Waals surface area contributed by atoms with E-state index in [1.165, 1.54) is 12.1 Å². The molecule has 0 spiro atoms. The number of carbonyl (C=O) groups is 1. The molecule has 0 unspecified atom stereocenters. The minimum Gasteiger partial charge on any atom is -0.378 e. The number of carbonyl (C=O) groups excluding carboxylic acids is 1. The van der Waals surface area contributed by atoms with Crippen LogP contribution in [-0.2, 0) is 4.18 Å². The highest BCUT2D eigenvalue weighted by Crippen LogP contribution is 2.31. The van der Waals surface area contributed by atoms with Gasteiger partial charge in [-0.1, -0.05) is 42.5 Å². The van der Waals surface area contributed by atoms with Crippen molar-refractivity contribution in [2.75, 3.05) is 0 Å². The SMILES string of the molecule is O=C(OSC(F)(F)F)c1ccc(-c2ccccc2)cc1. The first-order valence-electron chi connectivity index (χ1n) is 5.58. The Hall–Kier alpha value is -1.95. The van der Waals surface area contributed by atoms with Crippen LogP contribution in [0.25, 0.3) is 11.1 Å². The summed E-state index contributed by atoms with van der Waals surface area (Å²) in [6.07, 6.45) is 0. The van der Waals surface area contributed by atoms with Crippen LogP contribution in [0.5, 0.6) is 0 Å². The maximum atomic E-state index is 11.9. The molecule has 0 bridgehead atoms. The molecule has 0 saturated carbocycles. The van der Waals surface area contributed by atoms with E-state index in [1.54, 1.807) is 12.1 Å². The summed E-state index contributed by atoms with van der Waals surface area (Å²) in [7, 11) is 0. The zero-order chi connectivity index (χ0) is 14.6. The maximum absolute atomic E-state index is 11.9. The summed E-state index contributed by atoms with van der Waals surface area (Å²) in [4.78, 5) is 11.4. The number of rotatable bonds is 3. The Labute approximate surface area is 117 Å². The first-order chi connectivity index (χ1) is 9.46. The molecule has 6 heteroatoms. The van der Waals surface area contributed by atoms with Gasteiger partial charge in [0, 0.05) is 0 Å². The van der Waals surface area contributed by atoms with Gasteiger partial charge in [-0.25, -0.2) is 4.79 Å². The molecular formula is C14H9F3O2S. The Kier molecular flexibility index (Phi) is 4.34. The van der Waals surface area contributed by atoms with Crippen LogP contribution in [0.3, 0.4) is 0 Å². The predicted octanol–water partition coefficient (Wildman–Crippen LogP) is 4.68. The van der Waals surface area contributed by atoms with E-state index in [0.29, 0.717) is 0 Å². The summed E-state index contributed by atoms with van der Waals surface area (Å²) in [5, 5.41) is 0. The highest BCUT2D eigenvalue weighted by atomic mass is 32.2. The standard InChI is InChI=1S/C14H9F3O2S/c15-14(16,17)20-19-13(18)12-8-6-11(7-9-12)10-4-2-1-3-5-10/h1-9H. The van der Waals surface area contributed by atoms with E-state index in [1.807, 2.05) is 30.3 Å². The zero-order valence-electron chi connectivity index (χ0n) is 10.1. The van der Waals surface area contributed by atoms with Gasteiger partial charge in [-0.2, -0.15) is 13.2 Å². The summed E-state index contributed by atoms with van der Waals surface area (Å²) < 4.78 is 39.8. The van der Waals surface area contributed by atoms with Crippen LogP contribution in [0, 0.1) is 0 Å². The van der Waals surface area contributed by atoms with Gasteiger partial charge in [0.15, 0.2) is 12.0 Å². The van der Waals surface area contributed by atoms with E-state index in [2.05, 4.69) is 4.18 Å². The second kappa shape index (κ2) is 6.00. The fourth-order valence-electron chi connectivity index (χ4n) is 1.56. The van der Waals surface area contributed by atoms with Gasteiger partial charge in [0.2, 0.25) is 0 Å². The molecule has 2 aromatic rings. The molecule has 2 nitrogen and oxygen atoms in total. The molecule has 0 aliphatic rings. The van der Waals surface area contributed by atoms with E-state index in [9.17, 15) is 18.0 Å². The summed E-state index contributed by atoms with van der Waals surface area (Å²) in [6.45, 7) is 0. The minimum atomic E-state index is -4.60. The van der Waals surface area contributed by atoms with Gasteiger partial charge in [-0.15, -0.1) is 0 Å². The van der Waals surface area contributed by atoms with Crippen molar-refractivity contribution < 1.29 is 22.1 Å². The molecule has 0 atom stereocenters. The number of alkyl halides is 3. The number of hydrogen-bond donors (Lipinski definition) is 0. The molecule has 0 aliphatic heterocycles. The Morgan fingerprint density at radius 2 is 1.45 bits per heavy atom. The lowest BCUT2D eigenvalue weighted by Gasteiger charge is -2.06. The Balaban J connectivity index is 2.07. The van der Waals surface area contributed by atoms with Crippen LogP contribution in [0.15, 0.2) is 54.6 Å². The molecule has 0 amide bonds. The van der Waals surface area contributed by atoms with Gasteiger partial charge >= 0.3 is 11.5 Å². The van der Waals surface area contributed by atoms with E-state index < -0.39 is 23.5 Å². The second-order valence-corrected chi connectivity index (χ2v) is 4.64. The van der Waals surface area contributed by atoms with Crippen LogP contribution in [0.1, 0.15) is 10.4 Å². The van der Waals surface area contributed by atoms with Crippen molar-refractivity contribution in [3.63, 3.8) is 0 Å². The molecule has 2 aromatic carbocycles. The van der Waals surface area contributed by atoms with Crippen LogP contribution in [-0.4, -0.2) is 11.5 Å². The predicted molar refractivity (Wildman–Crippen MR) is 70.9 cm³/mol. The lowest BCUT2D eigenvalue weighted by molar-refractivity contribution is -0.0388. The van der Waals surface area contributed by atoms with Gasteiger partial charge in [0.1, 0.15) is 0 Å². The molecular weight excluding hydrogens is 289 g/mol. The zero-order valence-corrected chi connectivity index (χ0v) is 10.9. The van der Waals surface area contributed by atoms with Crippen molar-refractivity contribution in [3.8, 4) is 11.1 Å². The highest BCUT2D eigenvalue weighted by Gasteiger charge is 2.32. The van der Waals surface area contributed by atoms with E-state index in [-0.39, 0.29) is 5.56 Å². The highest BCUT2D eigenvalue weighted by molar-refractivity contribution is 7.95. The molecule has 0 radical (unpaired) electrons. The molecule has 0 heterocycles. The number of halogens is 3. The van der Waals surface area contributed by atoms with E-state index >= 15 is 0 Å². The van der Waals surface area contributed by atoms with Crippen molar-refractivity contribution in [1.29, 1.82) is 0 Å². The van der Waals surface area contributed by atoms with Crippen molar-refractivity contribution in [2.45, 2.75) is 5.51 Å². The summed E-state index contributed by atoms with van der Waals surface area (Å²) in [5.74, 6) is -1.02. The molecule has 0 N–H and O–H groups in total. The van der Waals surface area contributed by atoms with Gasteiger partial charge in [-0.05, 0) is 23.3 Å². The third kappa shape index (κ3) is 4.03. The fraction of sp³-hybridized carbons (Fsp3) is 0.0714. The van der Waals surface area contributed by atoms with Crippen LogP contribution in [0.4, 0.5) is 13.2 Å². The molecule has 0 aromatic heterocycles. The van der Waals surface area contributed by atoms with Crippen molar-refractivity contribution >= 4 is 18.0 Å². The fourth-order valence-corrected chi connectivity index (χ4v) is 1.83. The van der Waals surface area contributed by atoms with Crippen molar-refractivity contribution in [3.05, 3.63) is 60.2 Å². The first-order valence-corrected chi connectivity index (χ1v) is 6.32. The lowest BCUT2D eigenvalue weighted by Crippen LogP contribution is -2.06. The van der Waals surface area contributed by atoms with Crippen LogP contribution < -0.4 is 0 Å². The summed E-state index contributed by atoms with van der Waals surface area (Å²) in [6, 6.07) is 15.6. The number of benzene rings is 2. The average Bonchev–Trinajstić information content (AvgIpc) is 2.45. The van der Waals surface area contributed by atoms with Crippen molar-refractivity contribution in [1.82, 2.24) is 0 Å². The molecule has 0 aliphatic carbocycles. The maximum Gasteiger partial charge on any atom is 0.479 e. The Morgan fingerprint density at radius 3 is 2.00 bits per heavy atom. The molecule has 2 rings (SSSR count). The smallest absolute Gasteiger partial charge is 0.378 e. The monoisotopic (exact) mass is 298 g/mol. The largest absolute Gasteiger partial charge is 0.479 e. The van der Waals surface area contributed by atoms with Crippen molar-refractivity contribution in [2.24, 2.45) is 0 Å². The number of hydrogen-bond acceptors (Lipinski definition) is 3. The Morgan fingerprint density at radius 1 is 0.900 bits per heavy atom. The van der Waals surface area contributed by atoms with Gasteiger partial charge < -0.3 is 4.18 Å². The minimum absolute atomic E-state index is 0.0708. The van der Waals surface area contributed by atoms with Gasteiger partial charge in [0.05, 0.1) is 5.56 Å². The van der Waals surface area contributed by atoms with Gasteiger partial charge in [0.25, 0.3) is 0 Å². The normalized spacial score (nSPS) is 11.2. The van der Waals surface area contributed by atoms with E-state index in [0.717, 1.165) is 11.1 Å². The quantitative estimate of drug-likeness (QED) is 0.770. The third-order valence-corrected chi connectivity index (χ3v) is 2.86. The molecule has 0 saturated heterocycles. The third-order valence-electron chi connectivity index (χ3n) is 2.44. The molecule has 104 valence electrons. The average molecular weight is 298 g/mol. The second-order valence-electron chi connectivity index (χ2n) is 3.84. The van der Waals surface area contributed by atoms with E-state index in [4.69, 9.17) is 0 Å². The Bertz CT molecular complexity index is 580. The van der Waals surface area contributed by atoms with Crippen LogP contribution >= 0.6 is 12.0 Å². The van der Waals surface area contributed by atoms with Crippen LogP contribution in [0.2, 0.25) is 0 Å². The lowest BCUT2D eigenvalue weighted by atomic mass is 10.0. The van der Waals surface area contributed by atoms with Gasteiger partial charge in [-0.3, -0.25) is 0 Å². The summed E-state index contributed by atoms with van der Waals surface area (Å²) in [5.41, 5.74) is -2.70.